The molecule has 1 aromatic rings. The first-order valence-corrected chi connectivity index (χ1v) is 9.16. The number of rotatable bonds is 9. The Morgan fingerprint density at radius 3 is 2.17 bits per heavy atom. The molecule has 0 bridgehead atoms. The Balaban J connectivity index is 2.63. The summed E-state index contributed by atoms with van der Waals surface area (Å²) in [6.45, 7) is 9.67. The first-order chi connectivity index (χ1) is 11.5. The third-order valence-corrected chi connectivity index (χ3v) is 4.86. The SMILES string of the molecule is CCC(C)N(C(=S)NCCc1ccc(OC)c(OC)c1)C(C)CC. The van der Waals surface area contributed by atoms with E-state index in [0.29, 0.717) is 12.1 Å². The first kappa shape index (κ1) is 20.6. The van der Waals surface area contributed by atoms with E-state index < -0.39 is 0 Å². The van der Waals surface area contributed by atoms with Gasteiger partial charge < -0.3 is 19.7 Å². The zero-order valence-electron chi connectivity index (χ0n) is 15.9. The van der Waals surface area contributed by atoms with Crippen molar-refractivity contribution in [1.82, 2.24) is 10.2 Å². The number of ether oxygens (including phenoxy) is 2. The fraction of sp³-hybridized carbons (Fsp3) is 0.632. The van der Waals surface area contributed by atoms with Crippen molar-refractivity contribution in [2.75, 3.05) is 20.8 Å². The number of thiocarbonyl (C=S) groups is 1. The second kappa shape index (κ2) is 10.4. The number of nitrogens with zero attached hydrogens (tertiary/aromatic N) is 1. The molecule has 1 rings (SSSR count). The summed E-state index contributed by atoms with van der Waals surface area (Å²) >= 11 is 5.63. The average molecular weight is 353 g/mol. The van der Waals surface area contributed by atoms with Crippen LogP contribution in [0.2, 0.25) is 0 Å². The van der Waals surface area contributed by atoms with Crippen molar-refractivity contribution < 1.29 is 9.47 Å². The molecular formula is C19H32N2O2S. The molecule has 24 heavy (non-hydrogen) atoms. The Kier molecular flexibility index (Phi) is 8.90. The van der Waals surface area contributed by atoms with E-state index in [0.717, 1.165) is 42.4 Å². The van der Waals surface area contributed by atoms with Gasteiger partial charge in [-0.2, -0.15) is 0 Å². The van der Waals surface area contributed by atoms with Crippen LogP contribution in [0.25, 0.3) is 0 Å². The first-order valence-electron chi connectivity index (χ1n) is 8.75. The maximum absolute atomic E-state index is 5.63. The minimum atomic E-state index is 0.445. The van der Waals surface area contributed by atoms with Crippen LogP contribution in [0.1, 0.15) is 46.1 Å². The van der Waals surface area contributed by atoms with E-state index in [1.165, 1.54) is 5.56 Å². The molecule has 0 aliphatic rings. The zero-order valence-corrected chi connectivity index (χ0v) is 16.7. The van der Waals surface area contributed by atoms with Gasteiger partial charge in [0.1, 0.15) is 0 Å². The summed E-state index contributed by atoms with van der Waals surface area (Å²) < 4.78 is 10.6. The lowest BCUT2D eigenvalue weighted by molar-refractivity contribution is 0.248. The number of methoxy groups -OCH3 is 2. The standard InChI is InChI=1S/C19H32N2O2S/c1-7-14(3)21(15(4)8-2)19(24)20-12-11-16-9-10-17(22-5)18(13-16)23-6/h9-10,13-15H,7-8,11-12H2,1-6H3,(H,20,24). The van der Waals surface area contributed by atoms with E-state index in [1.54, 1.807) is 14.2 Å². The highest BCUT2D eigenvalue weighted by Crippen LogP contribution is 2.27. The summed E-state index contributed by atoms with van der Waals surface area (Å²) in [5, 5.41) is 4.26. The molecule has 0 saturated heterocycles. The van der Waals surface area contributed by atoms with Gasteiger partial charge >= 0.3 is 0 Å². The Hall–Kier alpha value is -1.49. The predicted octanol–water partition coefficient (Wildman–Crippen LogP) is 4.02. The van der Waals surface area contributed by atoms with Crippen LogP contribution in [0.15, 0.2) is 18.2 Å². The van der Waals surface area contributed by atoms with Crippen LogP contribution in [-0.4, -0.2) is 42.9 Å². The number of hydrogen-bond acceptors (Lipinski definition) is 3. The highest BCUT2D eigenvalue weighted by Gasteiger charge is 2.20. The molecule has 2 unspecified atom stereocenters. The molecule has 0 aromatic heterocycles. The minimum absolute atomic E-state index is 0.445. The lowest BCUT2D eigenvalue weighted by atomic mass is 10.1. The van der Waals surface area contributed by atoms with Gasteiger partial charge in [-0.05, 0) is 63.0 Å². The van der Waals surface area contributed by atoms with Crippen LogP contribution in [0.5, 0.6) is 11.5 Å². The molecule has 0 heterocycles. The van der Waals surface area contributed by atoms with Crippen LogP contribution in [-0.2, 0) is 6.42 Å². The summed E-state index contributed by atoms with van der Waals surface area (Å²) in [7, 11) is 3.31. The summed E-state index contributed by atoms with van der Waals surface area (Å²) in [4.78, 5) is 2.32. The fourth-order valence-electron chi connectivity index (χ4n) is 2.67. The molecule has 5 heteroatoms. The Morgan fingerprint density at radius 2 is 1.67 bits per heavy atom. The molecule has 1 aromatic carbocycles. The number of nitrogens with one attached hydrogen (secondary N) is 1. The Morgan fingerprint density at radius 1 is 1.08 bits per heavy atom. The molecule has 0 amide bonds. The predicted molar refractivity (Wildman–Crippen MR) is 105 cm³/mol. The fourth-order valence-corrected chi connectivity index (χ4v) is 3.13. The topological polar surface area (TPSA) is 33.7 Å². The van der Waals surface area contributed by atoms with E-state index >= 15 is 0 Å². The molecule has 0 radical (unpaired) electrons. The van der Waals surface area contributed by atoms with Gasteiger partial charge in [-0.15, -0.1) is 0 Å². The summed E-state index contributed by atoms with van der Waals surface area (Å²) in [5.74, 6) is 1.52. The van der Waals surface area contributed by atoms with Gasteiger partial charge in [0.2, 0.25) is 0 Å². The molecule has 0 saturated carbocycles. The van der Waals surface area contributed by atoms with Gasteiger partial charge in [0, 0.05) is 18.6 Å². The number of benzene rings is 1. The summed E-state index contributed by atoms with van der Waals surface area (Å²) in [6, 6.07) is 6.91. The maximum atomic E-state index is 5.63. The van der Waals surface area contributed by atoms with Crippen molar-refractivity contribution in [3.63, 3.8) is 0 Å². The largest absolute Gasteiger partial charge is 0.493 e. The molecular weight excluding hydrogens is 320 g/mol. The zero-order chi connectivity index (χ0) is 18.1. The molecule has 1 N–H and O–H groups in total. The summed E-state index contributed by atoms with van der Waals surface area (Å²) in [6.07, 6.45) is 3.05. The average Bonchev–Trinajstić information content (AvgIpc) is 2.61. The number of hydrogen-bond donors (Lipinski definition) is 1. The van der Waals surface area contributed by atoms with Gasteiger partial charge in [0.05, 0.1) is 14.2 Å². The van der Waals surface area contributed by atoms with Gasteiger partial charge in [-0.3, -0.25) is 0 Å². The van der Waals surface area contributed by atoms with Crippen LogP contribution in [0.4, 0.5) is 0 Å². The van der Waals surface area contributed by atoms with Crippen molar-refractivity contribution >= 4 is 17.3 Å². The van der Waals surface area contributed by atoms with Crippen molar-refractivity contribution in [2.45, 2.75) is 59.0 Å². The molecule has 0 aliphatic carbocycles. The van der Waals surface area contributed by atoms with Crippen molar-refractivity contribution in [3.05, 3.63) is 23.8 Å². The van der Waals surface area contributed by atoms with Gasteiger partial charge in [0.25, 0.3) is 0 Å². The second-order valence-corrected chi connectivity index (χ2v) is 6.48. The van der Waals surface area contributed by atoms with Crippen LogP contribution in [0, 0.1) is 0 Å². The molecule has 4 nitrogen and oxygen atoms in total. The lowest BCUT2D eigenvalue weighted by Crippen LogP contribution is -2.49. The lowest BCUT2D eigenvalue weighted by Gasteiger charge is -2.36. The van der Waals surface area contributed by atoms with Crippen molar-refractivity contribution in [3.8, 4) is 11.5 Å². The quantitative estimate of drug-likeness (QED) is 0.679. The third kappa shape index (κ3) is 5.55. The Bertz CT molecular complexity index is 512. The van der Waals surface area contributed by atoms with Crippen molar-refractivity contribution in [2.24, 2.45) is 0 Å². The van der Waals surface area contributed by atoms with Crippen LogP contribution < -0.4 is 14.8 Å². The monoisotopic (exact) mass is 352 g/mol. The second-order valence-electron chi connectivity index (χ2n) is 6.09. The van der Waals surface area contributed by atoms with E-state index in [4.69, 9.17) is 21.7 Å². The Labute approximate surface area is 152 Å². The molecule has 0 aliphatic heterocycles. The van der Waals surface area contributed by atoms with E-state index in [9.17, 15) is 0 Å². The van der Waals surface area contributed by atoms with E-state index in [-0.39, 0.29) is 0 Å². The third-order valence-electron chi connectivity index (χ3n) is 4.50. The molecule has 0 spiro atoms. The molecule has 0 fully saturated rings. The summed E-state index contributed by atoms with van der Waals surface area (Å²) in [5.41, 5.74) is 1.20. The normalized spacial score (nSPS) is 13.1. The highest BCUT2D eigenvalue weighted by atomic mass is 32.1. The van der Waals surface area contributed by atoms with Gasteiger partial charge in [-0.25, -0.2) is 0 Å². The van der Waals surface area contributed by atoms with E-state index in [2.05, 4.69) is 44.0 Å². The maximum Gasteiger partial charge on any atom is 0.169 e. The minimum Gasteiger partial charge on any atom is -0.493 e. The van der Waals surface area contributed by atoms with Gasteiger partial charge in [0.15, 0.2) is 16.6 Å². The molecule has 136 valence electrons. The van der Waals surface area contributed by atoms with Crippen LogP contribution in [0.3, 0.4) is 0 Å². The molecule has 2 atom stereocenters. The van der Waals surface area contributed by atoms with Gasteiger partial charge in [-0.1, -0.05) is 19.9 Å². The van der Waals surface area contributed by atoms with Crippen LogP contribution >= 0.6 is 12.2 Å². The smallest absolute Gasteiger partial charge is 0.169 e. The highest BCUT2D eigenvalue weighted by molar-refractivity contribution is 7.80. The van der Waals surface area contributed by atoms with Crippen molar-refractivity contribution in [1.29, 1.82) is 0 Å². The van der Waals surface area contributed by atoms with E-state index in [1.807, 2.05) is 12.1 Å².